The van der Waals surface area contributed by atoms with Gasteiger partial charge in [0, 0.05) is 13.1 Å². The van der Waals surface area contributed by atoms with Crippen LogP contribution in [-0.4, -0.2) is 38.7 Å². The van der Waals surface area contributed by atoms with Crippen LogP contribution in [0.25, 0.3) is 0 Å². The highest BCUT2D eigenvalue weighted by atomic mass is 16.2. The topological polar surface area (TPSA) is 77.0 Å². The van der Waals surface area contributed by atoms with Crippen molar-refractivity contribution in [3.05, 3.63) is 48.5 Å². The number of carbonyl (C=O) groups excluding carboxylic acids is 1. The van der Waals surface area contributed by atoms with Crippen molar-refractivity contribution in [2.24, 2.45) is 5.73 Å². The Morgan fingerprint density at radius 2 is 2.10 bits per heavy atom. The van der Waals surface area contributed by atoms with Gasteiger partial charge in [-0.05, 0) is 18.5 Å². The van der Waals surface area contributed by atoms with Crippen LogP contribution in [0.4, 0.5) is 0 Å². The molecule has 6 heteroatoms. The van der Waals surface area contributed by atoms with Crippen LogP contribution in [0, 0.1) is 0 Å². The zero-order valence-electron chi connectivity index (χ0n) is 11.4. The molecule has 0 unspecified atom stereocenters. The summed E-state index contributed by atoms with van der Waals surface area (Å²) in [5, 5.41) is 3.96. The Labute approximate surface area is 118 Å². The summed E-state index contributed by atoms with van der Waals surface area (Å²) in [6, 6.07) is 9.93. The van der Waals surface area contributed by atoms with Gasteiger partial charge < -0.3 is 10.6 Å². The maximum atomic E-state index is 12.3. The molecule has 0 bridgehead atoms. The van der Waals surface area contributed by atoms with Crippen molar-refractivity contribution in [2.45, 2.75) is 19.5 Å². The van der Waals surface area contributed by atoms with Crippen molar-refractivity contribution in [1.29, 1.82) is 0 Å². The molecule has 2 rings (SSSR count). The fourth-order valence-electron chi connectivity index (χ4n) is 1.93. The summed E-state index contributed by atoms with van der Waals surface area (Å²) in [6.07, 6.45) is 3.76. The van der Waals surface area contributed by atoms with Crippen molar-refractivity contribution in [1.82, 2.24) is 19.7 Å². The molecule has 0 fully saturated rings. The third-order valence-electron chi connectivity index (χ3n) is 2.96. The number of nitrogens with zero attached hydrogens (tertiary/aromatic N) is 4. The number of aromatic nitrogens is 3. The van der Waals surface area contributed by atoms with Crippen molar-refractivity contribution < 1.29 is 4.79 Å². The number of hydrogen-bond donors (Lipinski definition) is 1. The molecule has 1 aromatic carbocycles. The summed E-state index contributed by atoms with van der Waals surface area (Å²) < 4.78 is 1.53. The molecule has 0 saturated carbocycles. The second kappa shape index (κ2) is 7.40. The Morgan fingerprint density at radius 1 is 1.30 bits per heavy atom. The van der Waals surface area contributed by atoms with Gasteiger partial charge in [-0.2, -0.15) is 5.10 Å². The number of hydrogen-bond acceptors (Lipinski definition) is 4. The molecule has 0 aliphatic heterocycles. The molecule has 1 aromatic heterocycles. The van der Waals surface area contributed by atoms with E-state index in [1.807, 2.05) is 35.2 Å². The van der Waals surface area contributed by atoms with E-state index in [9.17, 15) is 4.79 Å². The number of benzene rings is 1. The minimum absolute atomic E-state index is 0.0211. The van der Waals surface area contributed by atoms with Gasteiger partial charge in [0.05, 0.1) is 0 Å². The Morgan fingerprint density at radius 3 is 2.75 bits per heavy atom. The highest BCUT2D eigenvalue weighted by Gasteiger charge is 2.14. The highest BCUT2D eigenvalue weighted by molar-refractivity contribution is 5.75. The molecule has 1 heterocycles. The Bertz CT molecular complexity index is 512. The molecule has 2 N–H and O–H groups in total. The minimum Gasteiger partial charge on any atom is -0.337 e. The van der Waals surface area contributed by atoms with Gasteiger partial charge in [0.1, 0.15) is 19.2 Å². The SMILES string of the molecule is NCCCN(Cc1ccccc1)C(=O)Cn1cncn1. The molecule has 6 nitrogen and oxygen atoms in total. The van der Waals surface area contributed by atoms with Gasteiger partial charge in [0.15, 0.2) is 0 Å². The van der Waals surface area contributed by atoms with Crippen LogP contribution < -0.4 is 5.73 Å². The van der Waals surface area contributed by atoms with Crippen molar-refractivity contribution in [3.8, 4) is 0 Å². The average molecular weight is 273 g/mol. The van der Waals surface area contributed by atoms with E-state index in [1.54, 1.807) is 6.33 Å². The summed E-state index contributed by atoms with van der Waals surface area (Å²) in [6.45, 7) is 2.02. The number of carbonyl (C=O) groups is 1. The molecule has 0 saturated heterocycles. The highest BCUT2D eigenvalue weighted by Crippen LogP contribution is 2.06. The van der Waals surface area contributed by atoms with E-state index in [-0.39, 0.29) is 12.5 Å². The lowest BCUT2D eigenvalue weighted by atomic mass is 10.2. The van der Waals surface area contributed by atoms with Crippen molar-refractivity contribution >= 4 is 5.91 Å². The molecule has 0 aliphatic rings. The van der Waals surface area contributed by atoms with E-state index in [0.29, 0.717) is 19.6 Å². The lowest BCUT2D eigenvalue weighted by Gasteiger charge is -2.22. The molecule has 0 atom stereocenters. The third kappa shape index (κ3) is 4.17. The van der Waals surface area contributed by atoms with Gasteiger partial charge in [-0.1, -0.05) is 30.3 Å². The lowest BCUT2D eigenvalue weighted by molar-refractivity contribution is -0.132. The van der Waals surface area contributed by atoms with Gasteiger partial charge in [0.2, 0.25) is 5.91 Å². The summed E-state index contributed by atoms with van der Waals surface area (Å²) in [7, 11) is 0. The van der Waals surface area contributed by atoms with Crippen LogP contribution in [0.2, 0.25) is 0 Å². The molecular weight excluding hydrogens is 254 g/mol. The van der Waals surface area contributed by atoms with E-state index in [2.05, 4.69) is 10.1 Å². The van der Waals surface area contributed by atoms with Gasteiger partial charge in [0.25, 0.3) is 0 Å². The first-order valence-electron chi connectivity index (χ1n) is 6.64. The largest absolute Gasteiger partial charge is 0.337 e. The summed E-state index contributed by atoms with van der Waals surface area (Å²) in [5.74, 6) is 0.0211. The monoisotopic (exact) mass is 273 g/mol. The summed E-state index contributed by atoms with van der Waals surface area (Å²) in [4.78, 5) is 18.0. The quantitative estimate of drug-likeness (QED) is 0.803. The molecule has 20 heavy (non-hydrogen) atoms. The van der Waals surface area contributed by atoms with E-state index >= 15 is 0 Å². The predicted molar refractivity (Wildman–Crippen MR) is 75.6 cm³/mol. The molecule has 0 radical (unpaired) electrons. The van der Waals surface area contributed by atoms with E-state index in [1.165, 1.54) is 11.0 Å². The Hall–Kier alpha value is -2.21. The Balaban J connectivity index is 2.00. The zero-order chi connectivity index (χ0) is 14.2. The minimum atomic E-state index is 0.0211. The molecule has 1 amide bonds. The first-order chi connectivity index (χ1) is 9.79. The lowest BCUT2D eigenvalue weighted by Crippen LogP contribution is -2.35. The number of rotatable bonds is 7. The fraction of sp³-hybridized carbons (Fsp3) is 0.357. The standard InChI is InChI=1S/C14H19N5O/c15-7-4-8-18(9-13-5-2-1-3-6-13)14(20)10-19-12-16-11-17-19/h1-3,5-6,11-12H,4,7-10,15H2. The van der Waals surface area contributed by atoms with Gasteiger partial charge in [-0.25, -0.2) is 9.67 Å². The van der Waals surface area contributed by atoms with Crippen LogP contribution in [0.1, 0.15) is 12.0 Å². The maximum absolute atomic E-state index is 12.3. The van der Waals surface area contributed by atoms with E-state index in [0.717, 1.165) is 12.0 Å². The molecular formula is C14H19N5O. The Kier molecular flexibility index (Phi) is 5.25. The smallest absolute Gasteiger partial charge is 0.244 e. The third-order valence-corrected chi connectivity index (χ3v) is 2.96. The summed E-state index contributed by atoms with van der Waals surface area (Å²) in [5.41, 5.74) is 6.65. The van der Waals surface area contributed by atoms with Crippen LogP contribution >= 0.6 is 0 Å². The van der Waals surface area contributed by atoms with Crippen molar-refractivity contribution in [3.63, 3.8) is 0 Å². The first-order valence-corrected chi connectivity index (χ1v) is 6.64. The van der Waals surface area contributed by atoms with Crippen LogP contribution in [0.15, 0.2) is 43.0 Å². The van der Waals surface area contributed by atoms with Gasteiger partial charge in [-0.15, -0.1) is 0 Å². The second-order valence-corrected chi connectivity index (χ2v) is 4.54. The van der Waals surface area contributed by atoms with Gasteiger partial charge >= 0.3 is 0 Å². The number of nitrogens with two attached hydrogens (primary N) is 1. The molecule has 0 spiro atoms. The predicted octanol–water partition coefficient (Wildman–Crippen LogP) is 0.656. The van der Waals surface area contributed by atoms with Crippen LogP contribution in [0.5, 0.6) is 0 Å². The fourth-order valence-corrected chi connectivity index (χ4v) is 1.93. The normalized spacial score (nSPS) is 10.4. The summed E-state index contributed by atoms with van der Waals surface area (Å²) >= 11 is 0. The van der Waals surface area contributed by atoms with E-state index < -0.39 is 0 Å². The van der Waals surface area contributed by atoms with Crippen LogP contribution in [0.3, 0.4) is 0 Å². The molecule has 2 aromatic rings. The maximum Gasteiger partial charge on any atom is 0.244 e. The van der Waals surface area contributed by atoms with Crippen molar-refractivity contribution in [2.75, 3.05) is 13.1 Å². The molecule has 0 aliphatic carbocycles. The zero-order valence-corrected chi connectivity index (χ0v) is 11.4. The average Bonchev–Trinajstić information content (AvgIpc) is 2.97. The second-order valence-electron chi connectivity index (χ2n) is 4.54. The van der Waals surface area contributed by atoms with E-state index in [4.69, 9.17) is 5.73 Å². The van der Waals surface area contributed by atoms with Gasteiger partial charge in [-0.3, -0.25) is 4.79 Å². The van der Waals surface area contributed by atoms with Crippen LogP contribution in [-0.2, 0) is 17.9 Å². The molecule has 106 valence electrons. The number of amides is 1. The first kappa shape index (κ1) is 14.2.